The quantitative estimate of drug-likeness (QED) is 0.833. The number of quaternary nitrogens is 1. The summed E-state index contributed by atoms with van der Waals surface area (Å²) >= 11 is 0. The van der Waals surface area contributed by atoms with Crippen LogP contribution < -0.4 is 4.90 Å². The number of benzene rings is 1. The van der Waals surface area contributed by atoms with E-state index in [-0.39, 0.29) is 23.6 Å². The van der Waals surface area contributed by atoms with Gasteiger partial charge in [-0.2, -0.15) is 0 Å². The van der Waals surface area contributed by atoms with Crippen molar-refractivity contribution in [2.24, 2.45) is 5.92 Å². The number of hydrogen-bond acceptors (Lipinski definition) is 4. The summed E-state index contributed by atoms with van der Waals surface area (Å²) < 4.78 is 17.3. The first-order valence-electron chi connectivity index (χ1n) is 8.85. The summed E-state index contributed by atoms with van der Waals surface area (Å²) in [6.07, 6.45) is 0.636. The lowest BCUT2D eigenvalue weighted by Gasteiger charge is -2.41. The van der Waals surface area contributed by atoms with Crippen molar-refractivity contribution in [3.63, 3.8) is 0 Å². The summed E-state index contributed by atoms with van der Waals surface area (Å²) in [5.41, 5.74) is 0.359. The zero-order chi connectivity index (χ0) is 17.0. The summed E-state index contributed by atoms with van der Waals surface area (Å²) in [5.74, 6) is -0.000866. The molecule has 0 spiro atoms. The van der Waals surface area contributed by atoms with Crippen LogP contribution in [0.3, 0.4) is 0 Å². The minimum atomic E-state index is -0.252. The number of nitrogens with one attached hydrogen (secondary N) is 1. The van der Waals surface area contributed by atoms with Crippen LogP contribution >= 0.6 is 0 Å². The molecule has 2 atom stereocenters. The number of carbonyl (C=O) groups excluding carboxylic acids is 1. The molecule has 1 aromatic rings. The van der Waals surface area contributed by atoms with E-state index < -0.39 is 0 Å². The fourth-order valence-corrected chi connectivity index (χ4v) is 3.49. The Bertz CT molecular complexity index is 540. The van der Waals surface area contributed by atoms with E-state index in [1.54, 1.807) is 12.1 Å². The van der Waals surface area contributed by atoms with Crippen LogP contribution in [-0.4, -0.2) is 57.1 Å². The fraction of sp³-hybridized carbons (Fsp3) is 0.632. The van der Waals surface area contributed by atoms with Crippen molar-refractivity contribution in [2.45, 2.75) is 32.0 Å². The summed E-state index contributed by atoms with van der Waals surface area (Å²) in [6.45, 7) is 9.38. The molecule has 0 unspecified atom stereocenters. The van der Waals surface area contributed by atoms with E-state index >= 15 is 0 Å². The second kappa shape index (κ2) is 7.64. The third kappa shape index (κ3) is 4.56. The zero-order valence-corrected chi connectivity index (χ0v) is 14.6. The molecule has 132 valence electrons. The molecular formula is C19H28NO4+. The summed E-state index contributed by atoms with van der Waals surface area (Å²) in [6, 6.07) is 9.22. The van der Waals surface area contributed by atoms with E-state index in [0.717, 1.165) is 39.3 Å². The van der Waals surface area contributed by atoms with Crippen LogP contribution in [-0.2, 0) is 14.2 Å². The van der Waals surface area contributed by atoms with Crippen LogP contribution in [0.25, 0.3) is 0 Å². The van der Waals surface area contributed by atoms with Gasteiger partial charge in [0.1, 0.15) is 19.2 Å². The van der Waals surface area contributed by atoms with Gasteiger partial charge in [-0.25, -0.2) is 4.79 Å². The van der Waals surface area contributed by atoms with Gasteiger partial charge in [-0.15, -0.1) is 0 Å². The Morgan fingerprint density at radius 2 is 1.96 bits per heavy atom. The highest BCUT2D eigenvalue weighted by Gasteiger charge is 2.40. The summed E-state index contributed by atoms with van der Waals surface area (Å²) in [7, 11) is 0. The fourth-order valence-electron chi connectivity index (χ4n) is 3.49. The van der Waals surface area contributed by atoms with Gasteiger partial charge in [0, 0.05) is 6.42 Å². The van der Waals surface area contributed by atoms with Gasteiger partial charge in [0.05, 0.1) is 43.4 Å². The Labute approximate surface area is 143 Å². The molecular weight excluding hydrogens is 306 g/mol. The highest BCUT2D eigenvalue weighted by molar-refractivity contribution is 5.89. The molecule has 2 saturated heterocycles. The van der Waals surface area contributed by atoms with Gasteiger partial charge in [-0.1, -0.05) is 18.2 Å². The van der Waals surface area contributed by atoms with Crippen LogP contribution in [0.15, 0.2) is 30.3 Å². The lowest BCUT2D eigenvalue weighted by atomic mass is 9.88. The Kier molecular flexibility index (Phi) is 5.54. The van der Waals surface area contributed by atoms with E-state index in [2.05, 4.69) is 13.8 Å². The smallest absolute Gasteiger partial charge is 0.338 e. The van der Waals surface area contributed by atoms with Crippen molar-refractivity contribution in [1.82, 2.24) is 0 Å². The van der Waals surface area contributed by atoms with Crippen molar-refractivity contribution in [1.29, 1.82) is 0 Å². The third-order valence-corrected chi connectivity index (χ3v) is 4.93. The van der Waals surface area contributed by atoms with Gasteiger partial charge >= 0.3 is 5.97 Å². The highest BCUT2D eigenvalue weighted by atomic mass is 16.6. The third-order valence-electron chi connectivity index (χ3n) is 4.93. The molecule has 1 aromatic carbocycles. The lowest BCUT2D eigenvalue weighted by Crippen LogP contribution is -3.15. The van der Waals surface area contributed by atoms with Crippen molar-refractivity contribution < 1.29 is 23.9 Å². The molecule has 1 N–H and O–H groups in total. The van der Waals surface area contributed by atoms with Gasteiger partial charge in [0.15, 0.2) is 0 Å². The number of ether oxygens (including phenoxy) is 3. The minimum Gasteiger partial charge on any atom is -0.458 e. The molecule has 0 bridgehead atoms. The van der Waals surface area contributed by atoms with Crippen LogP contribution in [0.1, 0.15) is 30.6 Å². The van der Waals surface area contributed by atoms with Crippen LogP contribution in [0.4, 0.5) is 0 Å². The first kappa shape index (κ1) is 17.4. The van der Waals surface area contributed by atoms with Crippen molar-refractivity contribution in [3.05, 3.63) is 35.9 Å². The SMILES string of the molecule is CC1(C)C[C@H](OC(=O)c2ccccc2)[C@H](C[NH+]2CCOCC2)CO1. The first-order chi connectivity index (χ1) is 11.5. The molecule has 0 aromatic heterocycles. The normalized spacial score (nSPS) is 27.6. The van der Waals surface area contributed by atoms with Crippen molar-refractivity contribution >= 4 is 5.97 Å². The topological polar surface area (TPSA) is 49.2 Å². The van der Waals surface area contributed by atoms with Crippen molar-refractivity contribution in [3.8, 4) is 0 Å². The molecule has 5 heteroatoms. The molecule has 24 heavy (non-hydrogen) atoms. The predicted octanol–water partition coefficient (Wildman–Crippen LogP) is 0.942. The Balaban J connectivity index is 1.66. The molecule has 0 aliphatic carbocycles. The van der Waals surface area contributed by atoms with Gasteiger partial charge in [-0.3, -0.25) is 0 Å². The minimum absolute atomic E-state index is 0.100. The molecule has 0 amide bonds. The summed E-state index contributed by atoms with van der Waals surface area (Å²) in [5, 5.41) is 0. The largest absolute Gasteiger partial charge is 0.458 e. The van der Waals surface area contributed by atoms with Gasteiger partial charge in [0.25, 0.3) is 0 Å². The van der Waals surface area contributed by atoms with E-state index in [9.17, 15) is 4.79 Å². The molecule has 2 aliphatic heterocycles. The molecule has 2 aliphatic rings. The molecule has 2 fully saturated rings. The Morgan fingerprint density at radius 1 is 1.25 bits per heavy atom. The second-order valence-electron chi connectivity index (χ2n) is 7.41. The molecule has 5 nitrogen and oxygen atoms in total. The average Bonchev–Trinajstić information content (AvgIpc) is 2.59. The Hall–Kier alpha value is -1.43. The lowest BCUT2D eigenvalue weighted by molar-refractivity contribution is -0.912. The second-order valence-corrected chi connectivity index (χ2v) is 7.41. The molecule has 2 heterocycles. The Morgan fingerprint density at radius 3 is 2.67 bits per heavy atom. The van der Waals surface area contributed by atoms with Crippen LogP contribution in [0.5, 0.6) is 0 Å². The maximum absolute atomic E-state index is 12.5. The summed E-state index contributed by atoms with van der Waals surface area (Å²) in [4.78, 5) is 14.0. The van der Waals surface area contributed by atoms with Crippen LogP contribution in [0, 0.1) is 5.92 Å². The molecule has 3 rings (SSSR count). The highest BCUT2D eigenvalue weighted by Crippen LogP contribution is 2.30. The monoisotopic (exact) mass is 334 g/mol. The van der Waals surface area contributed by atoms with Gasteiger partial charge in [-0.05, 0) is 26.0 Å². The number of hydrogen-bond donors (Lipinski definition) is 1. The maximum Gasteiger partial charge on any atom is 0.338 e. The number of carbonyl (C=O) groups is 1. The molecule has 0 saturated carbocycles. The molecule has 0 radical (unpaired) electrons. The number of rotatable bonds is 4. The predicted molar refractivity (Wildman–Crippen MR) is 90.2 cm³/mol. The zero-order valence-electron chi connectivity index (χ0n) is 14.6. The standard InChI is InChI=1S/C19H27NO4/c1-19(2)12-17(24-18(21)15-6-4-3-5-7-15)16(14-23-19)13-20-8-10-22-11-9-20/h3-7,16-17H,8-14H2,1-2H3/p+1/t16-,17+/m1/s1. The van der Waals surface area contributed by atoms with E-state index in [4.69, 9.17) is 14.2 Å². The number of esters is 1. The van der Waals surface area contributed by atoms with E-state index in [1.807, 2.05) is 18.2 Å². The first-order valence-corrected chi connectivity index (χ1v) is 8.85. The van der Waals surface area contributed by atoms with E-state index in [1.165, 1.54) is 4.90 Å². The maximum atomic E-state index is 12.5. The van der Waals surface area contributed by atoms with E-state index in [0.29, 0.717) is 12.2 Å². The van der Waals surface area contributed by atoms with Crippen molar-refractivity contribution in [2.75, 3.05) is 39.5 Å². The van der Waals surface area contributed by atoms with Gasteiger partial charge < -0.3 is 19.1 Å². The van der Waals surface area contributed by atoms with Crippen LogP contribution in [0.2, 0.25) is 0 Å². The number of morpholine rings is 1. The van der Waals surface area contributed by atoms with Gasteiger partial charge in [0.2, 0.25) is 0 Å². The average molecular weight is 334 g/mol.